The number of alkyl halides is 5. The van der Waals surface area contributed by atoms with E-state index >= 15 is 0 Å². The lowest BCUT2D eigenvalue weighted by atomic mass is 9.49. The van der Waals surface area contributed by atoms with Crippen molar-refractivity contribution < 1.29 is 63.5 Å². The Hall–Kier alpha value is -1.87. The van der Waals surface area contributed by atoms with Crippen molar-refractivity contribution in [2.75, 3.05) is 13.2 Å². The molecule has 4 aliphatic rings. The van der Waals surface area contributed by atoms with Gasteiger partial charge in [0.25, 0.3) is 0 Å². The summed E-state index contributed by atoms with van der Waals surface area (Å²) in [6.45, 7) is -2.05. The third-order valence-electron chi connectivity index (χ3n) is 6.83. The normalized spacial score (nSPS) is 30.0. The molecule has 4 saturated carbocycles. The maximum atomic E-state index is 14.2. The number of ether oxygens (including phenoxy) is 3. The van der Waals surface area contributed by atoms with Crippen molar-refractivity contribution >= 4 is 27.8 Å². The highest BCUT2D eigenvalue weighted by Crippen LogP contribution is 2.61. The Morgan fingerprint density at radius 3 is 1.86 bits per heavy atom. The van der Waals surface area contributed by atoms with Crippen LogP contribution < -0.4 is 0 Å². The van der Waals surface area contributed by atoms with Gasteiger partial charge in [0.05, 0.1) is 18.4 Å². The standard InChI is InChI=1S/C20H25F5O9S/c1-11(26)10-32-16(28)19(20(23,24)25,33-3-2-18(21,22)35(29,30)31)34-15(27)17-7-12-4-13(8-17)6-14(5-12)9-17/h12-14H,2-10H2,1H3,(H,29,30,31). The largest absolute Gasteiger partial charge is 0.468 e. The number of hydrogen-bond acceptors (Lipinski definition) is 8. The van der Waals surface area contributed by atoms with Crippen molar-refractivity contribution in [3.8, 4) is 0 Å². The molecule has 15 heteroatoms. The van der Waals surface area contributed by atoms with Crippen LogP contribution in [0.15, 0.2) is 0 Å². The molecule has 200 valence electrons. The van der Waals surface area contributed by atoms with Gasteiger partial charge in [-0.2, -0.15) is 30.4 Å². The Balaban J connectivity index is 1.90. The zero-order valence-electron chi connectivity index (χ0n) is 18.6. The van der Waals surface area contributed by atoms with Crippen molar-refractivity contribution in [3.05, 3.63) is 0 Å². The molecular formula is C20H25F5O9S. The predicted octanol–water partition coefficient (Wildman–Crippen LogP) is 3.02. The summed E-state index contributed by atoms with van der Waals surface area (Å²) in [5, 5.41) is -4.92. The first-order valence-electron chi connectivity index (χ1n) is 10.9. The smallest absolute Gasteiger partial charge is 0.453 e. The maximum absolute atomic E-state index is 14.2. The van der Waals surface area contributed by atoms with E-state index in [0.29, 0.717) is 0 Å². The van der Waals surface area contributed by atoms with Gasteiger partial charge in [-0.15, -0.1) is 0 Å². The molecule has 0 amide bonds. The Morgan fingerprint density at radius 2 is 1.46 bits per heavy atom. The van der Waals surface area contributed by atoms with E-state index in [2.05, 4.69) is 14.2 Å². The minimum atomic E-state index is -6.01. The van der Waals surface area contributed by atoms with Crippen LogP contribution in [0.5, 0.6) is 0 Å². The third-order valence-corrected chi connectivity index (χ3v) is 7.79. The summed E-state index contributed by atoms with van der Waals surface area (Å²) in [4.78, 5) is 36.8. The molecule has 0 radical (unpaired) electrons. The molecule has 0 aliphatic heterocycles. The van der Waals surface area contributed by atoms with Crippen molar-refractivity contribution in [2.45, 2.75) is 69.1 Å². The highest BCUT2D eigenvalue weighted by Gasteiger charge is 2.70. The van der Waals surface area contributed by atoms with Gasteiger partial charge in [-0.05, 0) is 63.2 Å². The molecule has 1 unspecified atom stereocenters. The van der Waals surface area contributed by atoms with E-state index in [-0.39, 0.29) is 37.0 Å². The van der Waals surface area contributed by atoms with E-state index in [1.807, 2.05) is 0 Å². The number of esters is 2. The molecule has 0 saturated heterocycles. The highest BCUT2D eigenvalue weighted by atomic mass is 32.2. The third kappa shape index (κ3) is 5.45. The highest BCUT2D eigenvalue weighted by molar-refractivity contribution is 7.86. The molecular weight excluding hydrogens is 511 g/mol. The zero-order valence-corrected chi connectivity index (χ0v) is 19.4. The second-order valence-corrected chi connectivity index (χ2v) is 11.2. The topological polar surface area (TPSA) is 133 Å². The van der Waals surface area contributed by atoms with Crippen LogP contribution in [0.4, 0.5) is 22.0 Å². The Morgan fingerprint density at radius 1 is 0.971 bits per heavy atom. The fraction of sp³-hybridized carbons (Fsp3) is 0.850. The summed E-state index contributed by atoms with van der Waals surface area (Å²) in [6, 6.07) is 0. The van der Waals surface area contributed by atoms with Crippen LogP contribution >= 0.6 is 0 Å². The Kier molecular flexibility index (Phi) is 7.30. The number of carbonyl (C=O) groups excluding carboxylic acids is 3. The van der Waals surface area contributed by atoms with Gasteiger partial charge in [0.2, 0.25) is 0 Å². The van der Waals surface area contributed by atoms with E-state index in [1.165, 1.54) is 0 Å². The number of ketones is 1. The molecule has 35 heavy (non-hydrogen) atoms. The lowest BCUT2D eigenvalue weighted by Crippen LogP contribution is -2.61. The van der Waals surface area contributed by atoms with Crippen LogP contribution in [-0.2, 0) is 38.7 Å². The van der Waals surface area contributed by atoms with E-state index in [0.717, 1.165) is 26.2 Å². The maximum Gasteiger partial charge on any atom is 0.468 e. The van der Waals surface area contributed by atoms with Crippen LogP contribution in [0.2, 0.25) is 0 Å². The first-order valence-corrected chi connectivity index (χ1v) is 12.3. The van der Waals surface area contributed by atoms with Crippen molar-refractivity contribution in [2.24, 2.45) is 23.2 Å². The fourth-order valence-electron chi connectivity index (χ4n) is 5.69. The molecule has 1 N–H and O–H groups in total. The van der Waals surface area contributed by atoms with E-state index in [1.54, 1.807) is 0 Å². The summed E-state index contributed by atoms with van der Waals surface area (Å²) in [5.41, 5.74) is -1.33. The number of carbonyl (C=O) groups is 3. The molecule has 0 aromatic rings. The van der Waals surface area contributed by atoms with Gasteiger partial charge < -0.3 is 14.2 Å². The minimum absolute atomic E-state index is 0.0909. The van der Waals surface area contributed by atoms with Crippen LogP contribution in [0.1, 0.15) is 51.9 Å². The lowest BCUT2D eigenvalue weighted by Gasteiger charge is -2.55. The molecule has 9 nitrogen and oxygen atoms in total. The second kappa shape index (κ2) is 9.21. The molecule has 0 heterocycles. The van der Waals surface area contributed by atoms with Crippen molar-refractivity contribution in [1.29, 1.82) is 0 Å². The van der Waals surface area contributed by atoms with E-state index in [9.17, 15) is 44.8 Å². The van der Waals surface area contributed by atoms with E-state index < -0.39 is 70.1 Å². The van der Waals surface area contributed by atoms with E-state index in [4.69, 9.17) is 4.55 Å². The molecule has 0 aromatic heterocycles. The van der Waals surface area contributed by atoms with Crippen molar-refractivity contribution in [3.63, 3.8) is 0 Å². The van der Waals surface area contributed by atoms with Gasteiger partial charge in [-0.25, -0.2) is 4.79 Å². The van der Waals surface area contributed by atoms with Gasteiger partial charge in [0.15, 0.2) is 5.78 Å². The van der Waals surface area contributed by atoms with Crippen LogP contribution in [0.3, 0.4) is 0 Å². The minimum Gasteiger partial charge on any atom is -0.453 e. The first-order chi connectivity index (χ1) is 15.9. The molecule has 4 bridgehead atoms. The number of halogens is 5. The number of rotatable bonds is 10. The molecule has 4 aliphatic carbocycles. The van der Waals surface area contributed by atoms with Crippen molar-refractivity contribution in [1.82, 2.24) is 0 Å². The van der Waals surface area contributed by atoms with Gasteiger partial charge in [-0.1, -0.05) is 0 Å². The van der Waals surface area contributed by atoms with Gasteiger partial charge in [0, 0.05) is 0 Å². The molecule has 0 spiro atoms. The Bertz CT molecular complexity index is 943. The molecule has 1 atom stereocenters. The van der Waals surface area contributed by atoms with Crippen LogP contribution in [0, 0.1) is 23.2 Å². The van der Waals surface area contributed by atoms with Gasteiger partial charge in [-0.3, -0.25) is 14.1 Å². The zero-order chi connectivity index (χ0) is 26.4. The van der Waals surface area contributed by atoms with Crippen LogP contribution in [0.25, 0.3) is 0 Å². The first kappa shape index (κ1) is 27.7. The van der Waals surface area contributed by atoms with Gasteiger partial charge >= 0.3 is 39.3 Å². The van der Waals surface area contributed by atoms with Crippen LogP contribution in [-0.4, -0.2) is 61.1 Å². The summed E-state index contributed by atoms with van der Waals surface area (Å²) >= 11 is 0. The predicted molar refractivity (Wildman–Crippen MR) is 104 cm³/mol. The SMILES string of the molecule is CC(=O)COC(=O)C(OCCC(F)(F)S(=O)(=O)O)(OC(=O)C12CC3CC(CC(C3)C1)C2)C(F)(F)F. The monoisotopic (exact) mass is 536 g/mol. The molecule has 0 aromatic carbocycles. The fourth-order valence-corrected chi connectivity index (χ4v) is 6.03. The summed E-state index contributed by atoms with van der Waals surface area (Å²) in [5.74, 6) is -8.92. The molecule has 4 fully saturated rings. The summed E-state index contributed by atoms with van der Waals surface area (Å²) in [7, 11) is -6.01. The second-order valence-electron chi connectivity index (χ2n) is 9.69. The average Bonchev–Trinajstić information content (AvgIpc) is 2.68. The lowest BCUT2D eigenvalue weighted by molar-refractivity contribution is -0.359. The Labute approximate surface area is 197 Å². The number of Topliss-reactive ketones (excluding diaryl/α,β-unsaturated/α-hetero) is 1. The summed E-state index contributed by atoms with van der Waals surface area (Å²) in [6.07, 6.45) is -4.71. The average molecular weight is 536 g/mol. The van der Waals surface area contributed by atoms with Gasteiger partial charge in [0.1, 0.15) is 6.61 Å². The molecule has 4 rings (SSSR count). The summed E-state index contributed by atoms with van der Waals surface area (Å²) < 4.78 is 113. The number of hydrogen-bond donors (Lipinski definition) is 1. The quantitative estimate of drug-likeness (QED) is 0.194.